The normalized spacial score (nSPS) is 11.3. The third-order valence-corrected chi connectivity index (χ3v) is 3.82. The molecule has 2 heterocycles. The van der Waals surface area contributed by atoms with Crippen LogP contribution in [-0.2, 0) is 6.42 Å². The van der Waals surface area contributed by atoms with E-state index in [0.29, 0.717) is 11.6 Å². The summed E-state index contributed by atoms with van der Waals surface area (Å²) in [5.74, 6) is 0.680. The van der Waals surface area contributed by atoms with Crippen molar-refractivity contribution < 1.29 is 0 Å². The Balaban J connectivity index is 1.76. The van der Waals surface area contributed by atoms with Gasteiger partial charge in [0.15, 0.2) is 10.8 Å². The number of hydrogen-bond acceptors (Lipinski definition) is 4. The van der Waals surface area contributed by atoms with Gasteiger partial charge in [-0.05, 0) is 41.8 Å². The fraction of sp³-hybridized carbons (Fsp3) is 0.267. The van der Waals surface area contributed by atoms with Crippen LogP contribution < -0.4 is 0 Å². The number of aromatic nitrogens is 4. The molecule has 0 aliphatic heterocycles. The summed E-state index contributed by atoms with van der Waals surface area (Å²) in [6.45, 7) is 4.46. The Labute approximate surface area is 122 Å². The van der Waals surface area contributed by atoms with Crippen molar-refractivity contribution in [1.82, 2.24) is 19.9 Å². The van der Waals surface area contributed by atoms with Crippen LogP contribution in [0.15, 0.2) is 46.8 Å². The van der Waals surface area contributed by atoms with E-state index >= 15 is 0 Å². The summed E-state index contributed by atoms with van der Waals surface area (Å²) in [5.41, 5.74) is 2.94. The largest absolute Gasteiger partial charge is 0.342 e. The van der Waals surface area contributed by atoms with E-state index in [-0.39, 0.29) is 0 Å². The first-order chi connectivity index (χ1) is 9.70. The van der Waals surface area contributed by atoms with Gasteiger partial charge in [-0.15, -0.1) is 0 Å². The third kappa shape index (κ3) is 2.99. The average molecular weight is 284 g/mol. The first-order valence-corrected chi connectivity index (χ1v) is 7.45. The molecule has 0 saturated carbocycles. The molecule has 0 bridgehead atoms. The van der Waals surface area contributed by atoms with Gasteiger partial charge in [0.2, 0.25) is 0 Å². The Morgan fingerprint density at radius 2 is 1.95 bits per heavy atom. The Kier molecular flexibility index (Phi) is 3.69. The molecule has 4 nitrogen and oxygen atoms in total. The van der Waals surface area contributed by atoms with Crippen LogP contribution in [0.4, 0.5) is 0 Å². The predicted molar refractivity (Wildman–Crippen MR) is 80.8 cm³/mol. The minimum atomic E-state index is 0.680. The van der Waals surface area contributed by atoms with Crippen molar-refractivity contribution in [1.29, 1.82) is 0 Å². The van der Waals surface area contributed by atoms with Gasteiger partial charge in [-0.2, -0.15) is 0 Å². The molecule has 0 amide bonds. The van der Waals surface area contributed by atoms with Crippen LogP contribution in [0.3, 0.4) is 0 Å². The van der Waals surface area contributed by atoms with Crippen molar-refractivity contribution in [3.8, 4) is 0 Å². The number of nitrogens with zero attached hydrogens (tertiary/aromatic N) is 3. The SMILES string of the molecule is CC(C)Cc1ccc(Sc2ncc3[nH]cnc3n2)cc1. The van der Waals surface area contributed by atoms with Gasteiger partial charge < -0.3 is 4.98 Å². The molecule has 5 heteroatoms. The summed E-state index contributed by atoms with van der Waals surface area (Å²) in [5, 5.41) is 0.723. The van der Waals surface area contributed by atoms with Crippen molar-refractivity contribution in [2.45, 2.75) is 30.3 Å². The van der Waals surface area contributed by atoms with Crippen LogP contribution in [0.5, 0.6) is 0 Å². The second kappa shape index (κ2) is 5.63. The second-order valence-electron chi connectivity index (χ2n) is 5.14. The van der Waals surface area contributed by atoms with Crippen molar-refractivity contribution in [2.24, 2.45) is 5.92 Å². The molecule has 1 N–H and O–H groups in total. The number of fused-ring (bicyclic) bond motifs is 1. The zero-order chi connectivity index (χ0) is 13.9. The quantitative estimate of drug-likeness (QED) is 0.742. The summed E-state index contributed by atoms with van der Waals surface area (Å²) in [6.07, 6.45) is 4.51. The summed E-state index contributed by atoms with van der Waals surface area (Å²) >= 11 is 1.56. The lowest BCUT2D eigenvalue weighted by Crippen LogP contribution is -1.93. The monoisotopic (exact) mass is 284 g/mol. The van der Waals surface area contributed by atoms with Gasteiger partial charge in [0.1, 0.15) is 5.52 Å². The second-order valence-corrected chi connectivity index (χ2v) is 6.18. The Morgan fingerprint density at radius 1 is 1.15 bits per heavy atom. The molecular weight excluding hydrogens is 268 g/mol. The fourth-order valence-electron chi connectivity index (χ4n) is 2.04. The Morgan fingerprint density at radius 3 is 2.70 bits per heavy atom. The molecule has 1 aromatic carbocycles. The molecule has 0 atom stereocenters. The summed E-state index contributed by atoms with van der Waals surface area (Å²) in [7, 11) is 0. The van der Waals surface area contributed by atoms with Gasteiger partial charge >= 0.3 is 0 Å². The van der Waals surface area contributed by atoms with Gasteiger partial charge in [-0.1, -0.05) is 26.0 Å². The van der Waals surface area contributed by atoms with Crippen LogP contribution in [0.1, 0.15) is 19.4 Å². The third-order valence-electron chi connectivity index (χ3n) is 2.93. The van der Waals surface area contributed by atoms with E-state index in [1.807, 2.05) is 0 Å². The smallest absolute Gasteiger partial charge is 0.194 e. The minimum Gasteiger partial charge on any atom is -0.342 e. The lowest BCUT2D eigenvalue weighted by Gasteiger charge is -2.05. The van der Waals surface area contributed by atoms with E-state index in [0.717, 1.165) is 22.0 Å². The van der Waals surface area contributed by atoms with E-state index in [2.05, 4.69) is 58.0 Å². The topological polar surface area (TPSA) is 54.5 Å². The zero-order valence-electron chi connectivity index (χ0n) is 11.5. The maximum atomic E-state index is 4.41. The maximum absolute atomic E-state index is 4.41. The number of aromatic amines is 1. The highest BCUT2D eigenvalue weighted by molar-refractivity contribution is 7.99. The van der Waals surface area contributed by atoms with E-state index in [1.54, 1.807) is 24.3 Å². The predicted octanol–water partition coefficient (Wildman–Crippen LogP) is 3.70. The van der Waals surface area contributed by atoms with Gasteiger partial charge in [0, 0.05) is 4.90 Å². The van der Waals surface area contributed by atoms with Gasteiger partial charge in [0.25, 0.3) is 0 Å². The highest BCUT2D eigenvalue weighted by Gasteiger charge is 2.04. The van der Waals surface area contributed by atoms with E-state index in [1.165, 1.54) is 5.56 Å². The van der Waals surface area contributed by atoms with E-state index in [4.69, 9.17) is 0 Å². The van der Waals surface area contributed by atoms with Gasteiger partial charge in [0.05, 0.1) is 12.5 Å². The minimum absolute atomic E-state index is 0.680. The maximum Gasteiger partial charge on any atom is 0.194 e. The number of benzene rings is 1. The molecule has 0 saturated heterocycles. The molecule has 0 fully saturated rings. The Bertz CT molecular complexity index is 703. The van der Waals surface area contributed by atoms with Crippen LogP contribution >= 0.6 is 11.8 Å². The van der Waals surface area contributed by atoms with Gasteiger partial charge in [-0.3, -0.25) is 0 Å². The highest BCUT2D eigenvalue weighted by Crippen LogP contribution is 2.25. The molecule has 0 spiro atoms. The molecule has 0 unspecified atom stereocenters. The number of rotatable bonds is 4. The first-order valence-electron chi connectivity index (χ1n) is 6.63. The Hall–Kier alpha value is -1.88. The standard InChI is InChI=1S/C15H16N4S/c1-10(2)7-11-3-5-12(6-4-11)20-15-16-8-13-14(19-15)18-9-17-13/h3-6,8-10H,7H2,1-2H3,(H,16,17,18,19). The molecule has 3 aromatic rings. The highest BCUT2D eigenvalue weighted by atomic mass is 32.2. The lowest BCUT2D eigenvalue weighted by atomic mass is 10.0. The van der Waals surface area contributed by atoms with Crippen LogP contribution in [0.25, 0.3) is 11.2 Å². The number of imidazole rings is 1. The number of nitrogens with one attached hydrogen (secondary N) is 1. The molecule has 102 valence electrons. The van der Waals surface area contributed by atoms with Crippen molar-refractivity contribution in [2.75, 3.05) is 0 Å². The first kappa shape index (κ1) is 13.1. The average Bonchev–Trinajstić information content (AvgIpc) is 2.88. The molecule has 3 rings (SSSR count). The van der Waals surface area contributed by atoms with Gasteiger partial charge in [-0.25, -0.2) is 15.0 Å². The molecule has 2 aromatic heterocycles. The van der Waals surface area contributed by atoms with Crippen molar-refractivity contribution in [3.63, 3.8) is 0 Å². The molecule has 0 aliphatic rings. The van der Waals surface area contributed by atoms with Crippen LogP contribution in [0, 0.1) is 5.92 Å². The summed E-state index contributed by atoms with van der Waals surface area (Å²) < 4.78 is 0. The van der Waals surface area contributed by atoms with E-state index in [9.17, 15) is 0 Å². The molecular formula is C15H16N4S. The molecule has 0 aliphatic carbocycles. The number of H-pyrrole nitrogens is 1. The fourth-order valence-corrected chi connectivity index (χ4v) is 2.76. The van der Waals surface area contributed by atoms with Crippen molar-refractivity contribution in [3.05, 3.63) is 42.4 Å². The van der Waals surface area contributed by atoms with E-state index < -0.39 is 0 Å². The number of hydrogen-bond donors (Lipinski definition) is 1. The summed E-state index contributed by atoms with van der Waals surface area (Å²) in [6, 6.07) is 8.60. The van der Waals surface area contributed by atoms with Crippen LogP contribution in [0.2, 0.25) is 0 Å². The van der Waals surface area contributed by atoms with Crippen molar-refractivity contribution >= 4 is 22.9 Å². The van der Waals surface area contributed by atoms with Crippen LogP contribution in [-0.4, -0.2) is 19.9 Å². The zero-order valence-corrected chi connectivity index (χ0v) is 12.3. The summed E-state index contributed by atoms with van der Waals surface area (Å²) in [4.78, 5) is 17.0. The lowest BCUT2D eigenvalue weighted by molar-refractivity contribution is 0.647. The molecule has 0 radical (unpaired) electrons. The molecule has 20 heavy (non-hydrogen) atoms.